The fraction of sp³-hybridized carbons (Fsp3) is 0.333. The molecule has 1 unspecified atom stereocenters. The van der Waals surface area contributed by atoms with Crippen molar-refractivity contribution in [1.29, 1.82) is 0 Å². The Morgan fingerprint density at radius 2 is 1.52 bits per heavy atom. The number of carbonyl (C=O) groups is 2. The maximum absolute atomic E-state index is 12.6. The van der Waals surface area contributed by atoms with Crippen LogP contribution >= 0.6 is 15.9 Å². The predicted molar refractivity (Wildman–Crippen MR) is 112 cm³/mol. The predicted octanol–water partition coefficient (Wildman–Crippen LogP) is 4.00. The minimum atomic E-state index is -0.803. The number of alkyl halides is 1. The highest BCUT2D eigenvalue weighted by Gasteiger charge is 2.27. The standard InChI is InChI=1S/C21H25BrN2O5/c22-13-7-12-19(14-25)24(21(27)29-16-18-10-5-2-6-11-18)23-20(26)28-15-17-8-3-1-4-9-17/h1-6,8-11,19,25H,7,12-16H2,(H,23,26). The number of hydrazine groups is 1. The second-order valence-corrected chi connectivity index (χ2v) is 7.04. The van der Waals surface area contributed by atoms with E-state index in [1.807, 2.05) is 60.7 Å². The van der Waals surface area contributed by atoms with Gasteiger partial charge in [0.25, 0.3) is 0 Å². The Labute approximate surface area is 178 Å². The average molecular weight is 465 g/mol. The molecule has 29 heavy (non-hydrogen) atoms. The molecule has 0 saturated heterocycles. The quantitative estimate of drug-likeness (QED) is 0.432. The number of ether oxygens (including phenoxy) is 2. The molecule has 7 nitrogen and oxygen atoms in total. The number of carbonyl (C=O) groups excluding carboxylic acids is 2. The largest absolute Gasteiger partial charge is 0.443 e. The van der Waals surface area contributed by atoms with Gasteiger partial charge in [0.15, 0.2) is 0 Å². The van der Waals surface area contributed by atoms with Gasteiger partial charge in [-0.15, -0.1) is 0 Å². The van der Waals surface area contributed by atoms with E-state index < -0.39 is 18.2 Å². The van der Waals surface area contributed by atoms with Gasteiger partial charge < -0.3 is 14.6 Å². The number of aliphatic hydroxyl groups is 1. The number of nitrogens with one attached hydrogen (secondary N) is 1. The molecular weight excluding hydrogens is 440 g/mol. The molecule has 0 aliphatic carbocycles. The number of hydrogen-bond donors (Lipinski definition) is 2. The summed E-state index contributed by atoms with van der Waals surface area (Å²) in [5, 5.41) is 11.4. The van der Waals surface area contributed by atoms with Crippen molar-refractivity contribution >= 4 is 28.1 Å². The molecular formula is C21H25BrN2O5. The van der Waals surface area contributed by atoms with Crippen molar-refractivity contribution in [1.82, 2.24) is 10.4 Å². The molecule has 0 aromatic heterocycles. The Morgan fingerprint density at radius 3 is 2.03 bits per heavy atom. The molecule has 0 bridgehead atoms. The molecule has 2 N–H and O–H groups in total. The summed E-state index contributed by atoms with van der Waals surface area (Å²) in [5.74, 6) is 0. The van der Waals surface area contributed by atoms with E-state index >= 15 is 0 Å². The Morgan fingerprint density at radius 1 is 0.966 bits per heavy atom. The van der Waals surface area contributed by atoms with Crippen LogP contribution in [-0.2, 0) is 22.7 Å². The third-order valence-electron chi connectivity index (χ3n) is 4.07. The lowest BCUT2D eigenvalue weighted by Crippen LogP contribution is -2.53. The van der Waals surface area contributed by atoms with Crippen LogP contribution in [0.3, 0.4) is 0 Å². The second-order valence-electron chi connectivity index (χ2n) is 6.25. The summed E-state index contributed by atoms with van der Waals surface area (Å²) in [5.41, 5.74) is 4.04. The lowest BCUT2D eigenvalue weighted by molar-refractivity contribution is 0.0299. The number of halogens is 1. The highest BCUT2D eigenvalue weighted by molar-refractivity contribution is 9.09. The zero-order chi connectivity index (χ0) is 20.9. The van der Waals surface area contributed by atoms with Gasteiger partial charge in [-0.25, -0.2) is 20.0 Å². The first kappa shape index (κ1) is 22.7. The Hall–Kier alpha value is -2.58. The van der Waals surface area contributed by atoms with E-state index in [1.54, 1.807) is 0 Å². The maximum atomic E-state index is 12.6. The highest BCUT2D eigenvalue weighted by Crippen LogP contribution is 2.11. The van der Waals surface area contributed by atoms with Crippen LogP contribution in [0, 0.1) is 0 Å². The number of benzene rings is 2. The number of aliphatic hydroxyl groups excluding tert-OH is 1. The first-order valence-electron chi connectivity index (χ1n) is 9.28. The first-order valence-corrected chi connectivity index (χ1v) is 10.4. The summed E-state index contributed by atoms with van der Waals surface area (Å²) in [6.07, 6.45) is -0.391. The van der Waals surface area contributed by atoms with Crippen LogP contribution in [0.25, 0.3) is 0 Å². The third kappa shape index (κ3) is 8.13. The van der Waals surface area contributed by atoms with E-state index in [0.717, 1.165) is 16.1 Å². The normalized spacial score (nSPS) is 11.4. The molecule has 0 aliphatic rings. The van der Waals surface area contributed by atoms with Crippen molar-refractivity contribution in [3.63, 3.8) is 0 Å². The van der Waals surface area contributed by atoms with Crippen LogP contribution in [0.2, 0.25) is 0 Å². The zero-order valence-corrected chi connectivity index (χ0v) is 17.6. The van der Waals surface area contributed by atoms with Gasteiger partial charge in [0.05, 0.1) is 12.6 Å². The third-order valence-corrected chi connectivity index (χ3v) is 4.63. The molecule has 0 saturated carbocycles. The number of amides is 2. The Balaban J connectivity index is 1.98. The van der Waals surface area contributed by atoms with Crippen molar-refractivity contribution in [2.75, 3.05) is 11.9 Å². The van der Waals surface area contributed by atoms with Gasteiger partial charge in [0.2, 0.25) is 0 Å². The molecule has 156 valence electrons. The van der Waals surface area contributed by atoms with Crippen LogP contribution in [-0.4, -0.2) is 40.3 Å². The fourth-order valence-corrected chi connectivity index (χ4v) is 2.87. The van der Waals surface area contributed by atoms with E-state index in [0.29, 0.717) is 18.2 Å². The molecule has 0 heterocycles. The number of rotatable bonds is 9. The van der Waals surface area contributed by atoms with E-state index in [-0.39, 0.29) is 19.8 Å². The molecule has 2 aromatic rings. The molecule has 2 rings (SSSR count). The van der Waals surface area contributed by atoms with Crippen LogP contribution in [0.5, 0.6) is 0 Å². The second kappa shape index (κ2) is 12.8. The Bertz CT molecular complexity index is 745. The van der Waals surface area contributed by atoms with Gasteiger partial charge in [-0.05, 0) is 24.0 Å². The molecule has 1 atom stereocenters. The Kier molecular flexibility index (Phi) is 10.0. The van der Waals surface area contributed by atoms with E-state index in [9.17, 15) is 14.7 Å². The zero-order valence-electron chi connectivity index (χ0n) is 16.0. The summed E-state index contributed by atoms with van der Waals surface area (Å²) in [6, 6.07) is 17.8. The molecule has 0 spiro atoms. The van der Waals surface area contributed by atoms with Crippen molar-refractivity contribution in [3.8, 4) is 0 Å². The van der Waals surface area contributed by atoms with E-state index in [4.69, 9.17) is 9.47 Å². The molecule has 0 fully saturated rings. The molecule has 2 aromatic carbocycles. The van der Waals surface area contributed by atoms with Crippen LogP contribution in [0.15, 0.2) is 60.7 Å². The summed E-state index contributed by atoms with van der Waals surface area (Å²) in [7, 11) is 0. The molecule has 2 amide bonds. The van der Waals surface area contributed by atoms with Crippen molar-refractivity contribution in [2.45, 2.75) is 32.1 Å². The molecule has 0 aliphatic heterocycles. The van der Waals surface area contributed by atoms with Crippen molar-refractivity contribution in [3.05, 3.63) is 71.8 Å². The van der Waals surface area contributed by atoms with Crippen LogP contribution < -0.4 is 5.43 Å². The van der Waals surface area contributed by atoms with E-state index in [1.165, 1.54) is 0 Å². The van der Waals surface area contributed by atoms with Crippen molar-refractivity contribution in [2.24, 2.45) is 0 Å². The fourth-order valence-electron chi connectivity index (χ4n) is 2.54. The lowest BCUT2D eigenvalue weighted by Gasteiger charge is -2.29. The minimum Gasteiger partial charge on any atom is -0.443 e. The first-order chi connectivity index (χ1) is 14.1. The van der Waals surface area contributed by atoms with Crippen LogP contribution in [0.4, 0.5) is 9.59 Å². The topological polar surface area (TPSA) is 88.1 Å². The SMILES string of the molecule is O=C(NN(C(=O)OCc1ccccc1)C(CO)CCCBr)OCc1ccccc1. The molecule has 0 radical (unpaired) electrons. The van der Waals surface area contributed by atoms with Crippen molar-refractivity contribution < 1.29 is 24.2 Å². The smallest absolute Gasteiger partial charge is 0.429 e. The van der Waals surface area contributed by atoms with Gasteiger partial charge in [0.1, 0.15) is 13.2 Å². The van der Waals surface area contributed by atoms with Crippen LogP contribution in [0.1, 0.15) is 24.0 Å². The van der Waals surface area contributed by atoms with Gasteiger partial charge in [0, 0.05) is 5.33 Å². The van der Waals surface area contributed by atoms with E-state index in [2.05, 4.69) is 21.4 Å². The summed E-state index contributed by atoms with van der Waals surface area (Å²) in [4.78, 5) is 24.8. The minimum absolute atomic E-state index is 0.0491. The number of hydrogen-bond acceptors (Lipinski definition) is 5. The number of nitrogens with zero attached hydrogens (tertiary/aromatic N) is 1. The molecule has 8 heteroatoms. The highest BCUT2D eigenvalue weighted by atomic mass is 79.9. The monoisotopic (exact) mass is 464 g/mol. The average Bonchev–Trinajstić information content (AvgIpc) is 2.77. The van der Waals surface area contributed by atoms with Gasteiger partial charge in [-0.1, -0.05) is 76.6 Å². The maximum Gasteiger partial charge on any atom is 0.429 e. The van der Waals surface area contributed by atoms with Gasteiger partial charge in [-0.2, -0.15) is 0 Å². The van der Waals surface area contributed by atoms with Gasteiger partial charge >= 0.3 is 12.2 Å². The van der Waals surface area contributed by atoms with Gasteiger partial charge in [-0.3, -0.25) is 0 Å². The lowest BCUT2D eigenvalue weighted by atomic mass is 10.2. The summed E-state index contributed by atoms with van der Waals surface area (Å²) < 4.78 is 10.5. The summed E-state index contributed by atoms with van der Waals surface area (Å²) in [6.45, 7) is -0.218. The summed E-state index contributed by atoms with van der Waals surface area (Å²) >= 11 is 3.33.